The Morgan fingerprint density at radius 1 is 1.47 bits per heavy atom. The van der Waals surface area contributed by atoms with Gasteiger partial charge in [0.25, 0.3) is 0 Å². The summed E-state index contributed by atoms with van der Waals surface area (Å²) in [4.78, 5) is 2.49. The van der Waals surface area contributed by atoms with Crippen molar-refractivity contribution in [1.29, 1.82) is 0 Å². The monoisotopic (exact) mass is 240 g/mol. The van der Waals surface area contributed by atoms with Gasteiger partial charge in [-0.05, 0) is 12.3 Å². The first kappa shape index (κ1) is 14.7. The normalized spacial score (nSPS) is 22.7. The van der Waals surface area contributed by atoms with Crippen LogP contribution in [0.2, 0.25) is 0 Å². The smallest absolute Gasteiger partial charge is 0.0672 e. The van der Waals surface area contributed by atoms with E-state index in [0.29, 0.717) is 18.1 Å². The summed E-state index contributed by atoms with van der Waals surface area (Å²) in [6.07, 6.45) is 0. The van der Waals surface area contributed by atoms with Crippen LogP contribution < -0.4 is 5.32 Å². The predicted molar refractivity (Wildman–Crippen MR) is 73.3 cm³/mol. The van der Waals surface area contributed by atoms with E-state index in [1.807, 2.05) is 6.92 Å². The van der Waals surface area contributed by atoms with Crippen molar-refractivity contribution in [2.75, 3.05) is 39.4 Å². The molecular weight excluding hydrogens is 212 g/mol. The zero-order chi connectivity index (χ0) is 12.9. The van der Waals surface area contributed by atoms with Gasteiger partial charge in [0.15, 0.2) is 0 Å². The molecule has 0 aromatic carbocycles. The molecule has 0 aromatic rings. The zero-order valence-electron chi connectivity index (χ0n) is 11.9. The van der Waals surface area contributed by atoms with E-state index in [1.54, 1.807) is 0 Å². The molecule has 1 N–H and O–H groups in total. The molecule has 0 saturated carbocycles. The Morgan fingerprint density at radius 3 is 2.76 bits per heavy atom. The van der Waals surface area contributed by atoms with Gasteiger partial charge >= 0.3 is 0 Å². The second-order valence-electron chi connectivity index (χ2n) is 6.18. The number of rotatable bonds is 5. The van der Waals surface area contributed by atoms with E-state index >= 15 is 0 Å². The van der Waals surface area contributed by atoms with E-state index in [0.717, 1.165) is 38.4 Å². The lowest BCUT2D eigenvalue weighted by Crippen LogP contribution is -2.56. The van der Waals surface area contributed by atoms with Gasteiger partial charge in [0.05, 0.1) is 13.2 Å². The number of ether oxygens (including phenoxy) is 1. The average Bonchev–Trinajstić information content (AvgIpc) is 2.23. The summed E-state index contributed by atoms with van der Waals surface area (Å²) in [5, 5.41) is 3.60. The maximum Gasteiger partial charge on any atom is 0.0672 e. The highest BCUT2D eigenvalue weighted by molar-refractivity contribution is 4.88. The largest absolute Gasteiger partial charge is 0.376 e. The molecule has 3 heteroatoms. The second kappa shape index (κ2) is 6.53. The van der Waals surface area contributed by atoms with Crippen molar-refractivity contribution in [3.8, 4) is 0 Å². The molecule has 17 heavy (non-hydrogen) atoms. The van der Waals surface area contributed by atoms with E-state index in [2.05, 4.69) is 37.6 Å². The molecule has 0 aromatic heterocycles. The number of nitrogens with one attached hydrogen (secondary N) is 1. The minimum atomic E-state index is 0.331. The van der Waals surface area contributed by atoms with Crippen LogP contribution in [0.15, 0.2) is 12.2 Å². The molecule has 1 atom stereocenters. The highest BCUT2D eigenvalue weighted by atomic mass is 16.5. The number of hydrogen-bond donors (Lipinski definition) is 1. The fraction of sp³-hybridized carbons (Fsp3) is 0.857. The molecule has 3 nitrogen and oxygen atoms in total. The first-order chi connectivity index (χ1) is 7.89. The van der Waals surface area contributed by atoms with Crippen molar-refractivity contribution in [3.63, 3.8) is 0 Å². The Balaban J connectivity index is 2.23. The molecule has 1 rings (SSSR count). The van der Waals surface area contributed by atoms with Crippen LogP contribution in [0.1, 0.15) is 27.7 Å². The molecule has 100 valence electrons. The van der Waals surface area contributed by atoms with Crippen molar-refractivity contribution in [2.24, 2.45) is 5.41 Å². The lowest BCUT2D eigenvalue weighted by Gasteiger charge is -2.40. The zero-order valence-corrected chi connectivity index (χ0v) is 11.9. The van der Waals surface area contributed by atoms with Gasteiger partial charge in [-0.15, -0.1) is 0 Å². The molecule has 0 bridgehead atoms. The van der Waals surface area contributed by atoms with Gasteiger partial charge in [-0.1, -0.05) is 32.9 Å². The standard InChI is InChI=1S/C14H28N2O/c1-12(2)11-17-9-8-16-7-6-15-13(10-16)14(3,4)5/h13,15H,1,6-11H2,2-5H3. The molecule has 0 aliphatic carbocycles. The Hall–Kier alpha value is -0.380. The maximum atomic E-state index is 5.56. The number of piperazine rings is 1. The molecule has 1 unspecified atom stereocenters. The van der Waals surface area contributed by atoms with Crippen molar-refractivity contribution in [3.05, 3.63) is 12.2 Å². The van der Waals surface area contributed by atoms with Crippen molar-refractivity contribution < 1.29 is 4.74 Å². The fourth-order valence-corrected chi connectivity index (χ4v) is 2.03. The third-order valence-electron chi connectivity index (χ3n) is 3.21. The Bertz CT molecular complexity index is 245. The van der Waals surface area contributed by atoms with Crippen LogP contribution in [0.3, 0.4) is 0 Å². The molecular formula is C14H28N2O. The van der Waals surface area contributed by atoms with E-state index in [-0.39, 0.29) is 0 Å². The van der Waals surface area contributed by atoms with E-state index in [1.165, 1.54) is 0 Å². The molecule has 0 radical (unpaired) electrons. The highest BCUT2D eigenvalue weighted by Gasteiger charge is 2.28. The average molecular weight is 240 g/mol. The van der Waals surface area contributed by atoms with Crippen molar-refractivity contribution in [1.82, 2.24) is 10.2 Å². The van der Waals surface area contributed by atoms with E-state index in [4.69, 9.17) is 4.74 Å². The lowest BCUT2D eigenvalue weighted by molar-refractivity contribution is 0.0852. The SMILES string of the molecule is C=C(C)COCCN1CCNC(C(C)(C)C)C1. The molecule has 1 aliphatic rings. The summed E-state index contributed by atoms with van der Waals surface area (Å²) in [6, 6.07) is 0.581. The van der Waals surface area contributed by atoms with Gasteiger partial charge in [0, 0.05) is 32.2 Å². The van der Waals surface area contributed by atoms with Gasteiger partial charge in [-0.25, -0.2) is 0 Å². The van der Waals surface area contributed by atoms with Crippen LogP contribution in [0.25, 0.3) is 0 Å². The molecule has 1 heterocycles. The molecule has 1 fully saturated rings. The minimum absolute atomic E-state index is 0.331. The summed E-state index contributed by atoms with van der Waals surface area (Å²) in [7, 11) is 0. The Kier molecular flexibility index (Phi) is 5.63. The summed E-state index contributed by atoms with van der Waals surface area (Å²) < 4.78 is 5.56. The topological polar surface area (TPSA) is 24.5 Å². The highest BCUT2D eigenvalue weighted by Crippen LogP contribution is 2.21. The van der Waals surface area contributed by atoms with Crippen molar-refractivity contribution in [2.45, 2.75) is 33.7 Å². The second-order valence-corrected chi connectivity index (χ2v) is 6.18. The summed E-state index contributed by atoms with van der Waals surface area (Å²) >= 11 is 0. The van der Waals surface area contributed by atoms with Gasteiger partial charge in [-0.3, -0.25) is 4.90 Å². The Labute approximate surface area is 106 Å². The van der Waals surface area contributed by atoms with Crippen molar-refractivity contribution >= 4 is 0 Å². The lowest BCUT2D eigenvalue weighted by atomic mass is 9.85. The maximum absolute atomic E-state index is 5.56. The van der Waals surface area contributed by atoms with Crippen LogP contribution in [-0.4, -0.2) is 50.3 Å². The first-order valence-electron chi connectivity index (χ1n) is 6.57. The predicted octanol–water partition coefficient (Wildman–Crippen LogP) is 1.90. The van der Waals surface area contributed by atoms with E-state index in [9.17, 15) is 0 Å². The minimum Gasteiger partial charge on any atom is -0.376 e. The third kappa shape index (κ3) is 5.66. The van der Waals surface area contributed by atoms with Gasteiger partial charge in [0.2, 0.25) is 0 Å². The molecule has 0 amide bonds. The van der Waals surface area contributed by atoms with Crippen LogP contribution >= 0.6 is 0 Å². The number of hydrogen-bond acceptors (Lipinski definition) is 3. The Morgan fingerprint density at radius 2 is 2.18 bits per heavy atom. The quantitative estimate of drug-likeness (QED) is 0.587. The van der Waals surface area contributed by atoms with Gasteiger partial charge < -0.3 is 10.1 Å². The van der Waals surface area contributed by atoms with E-state index < -0.39 is 0 Å². The first-order valence-corrected chi connectivity index (χ1v) is 6.57. The third-order valence-corrected chi connectivity index (χ3v) is 3.21. The van der Waals surface area contributed by atoms with Crippen LogP contribution in [0, 0.1) is 5.41 Å². The van der Waals surface area contributed by atoms with Crippen LogP contribution in [0.5, 0.6) is 0 Å². The van der Waals surface area contributed by atoms with Gasteiger partial charge in [0.1, 0.15) is 0 Å². The van der Waals surface area contributed by atoms with Gasteiger partial charge in [-0.2, -0.15) is 0 Å². The molecule has 1 saturated heterocycles. The molecule has 0 spiro atoms. The summed E-state index contributed by atoms with van der Waals surface area (Å²) in [6.45, 7) is 18.6. The van der Waals surface area contributed by atoms with Crippen LogP contribution in [-0.2, 0) is 4.74 Å². The molecule has 1 aliphatic heterocycles. The summed E-state index contributed by atoms with van der Waals surface area (Å²) in [5.74, 6) is 0. The number of nitrogens with zero attached hydrogens (tertiary/aromatic N) is 1. The fourth-order valence-electron chi connectivity index (χ4n) is 2.03. The summed E-state index contributed by atoms with van der Waals surface area (Å²) in [5.41, 5.74) is 1.43. The van der Waals surface area contributed by atoms with Crippen LogP contribution in [0.4, 0.5) is 0 Å².